The second-order valence-corrected chi connectivity index (χ2v) is 6.48. The summed E-state index contributed by atoms with van der Waals surface area (Å²) in [6.07, 6.45) is 3.79. The van der Waals surface area contributed by atoms with Crippen molar-refractivity contribution < 1.29 is 23.8 Å². The van der Waals surface area contributed by atoms with Gasteiger partial charge in [0.2, 0.25) is 0 Å². The first-order valence-electron chi connectivity index (χ1n) is 9.06. The van der Waals surface area contributed by atoms with Crippen LogP contribution in [0.2, 0.25) is 0 Å². The van der Waals surface area contributed by atoms with Gasteiger partial charge in [0.25, 0.3) is 0 Å². The van der Waals surface area contributed by atoms with E-state index >= 15 is 0 Å². The summed E-state index contributed by atoms with van der Waals surface area (Å²) in [6.45, 7) is 1.07. The van der Waals surface area contributed by atoms with Crippen molar-refractivity contribution in [3.63, 3.8) is 0 Å². The summed E-state index contributed by atoms with van der Waals surface area (Å²) in [7, 11) is 0. The highest BCUT2D eigenvalue weighted by atomic mass is 19.1. The molecule has 0 unspecified atom stereocenters. The number of ether oxygens (including phenoxy) is 2. The van der Waals surface area contributed by atoms with Crippen LogP contribution >= 0.6 is 0 Å². The van der Waals surface area contributed by atoms with E-state index in [4.69, 9.17) is 9.47 Å². The fraction of sp³-hybridized carbons (Fsp3) is 0.0870. The van der Waals surface area contributed by atoms with Crippen LogP contribution in [0.25, 0.3) is 12.2 Å². The highest BCUT2D eigenvalue weighted by molar-refractivity contribution is 5.96. The molecule has 3 aromatic carbocycles. The van der Waals surface area contributed by atoms with Crippen LogP contribution in [-0.2, 0) is 0 Å². The smallest absolute Gasteiger partial charge is 0.337 e. The van der Waals surface area contributed by atoms with Crippen molar-refractivity contribution in [2.45, 2.75) is 0 Å². The van der Waals surface area contributed by atoms with Crippen LogP contribution in [-0.4, -0.2) is 24.3 Å². The van der Waals surface area contributed by atoms with Crippen LogP contribution < -0.4 is 14.8 Å². The van der Waals surface area contributed by atoms with E-state index < -0.39 is 5.97 Å². The molecule has 5 nitrogen and oxygen atoms in total. The number of nitrogens with one attached hydrogen (secondary N) is 1. The molecule has 0 aliphatic carbocycles. The summed E-state index contributed by atoms with van der Waals surface area (Å²) in [4.78, 5) is 11.5. The van der Waals surface area contributed by atoms with Gasteiger partial charge < -0.3 is 19.9 Å². The molecule has 0 saturated carbocycles. The Morgan fingerprint density at radius 2 is 1.55 bits per heavy atom. The topological polar surface area (TPSA) is 67.8 Å². The normalized spacial score (nSPS) is 12.7. The maximum absolute atomic E-state index is 13.1. The number of carboxylic acids is 1. The van der Waals surface area contributed by atoms with Crippen LogP contribution in [0, 0.1) is 5.82 Å². The van der Waals surface area contributed by atoms with Crippen LogP contribution in [0.5, 0.6) is 11.5 Å². The molecule has 0 spiro atoms. The van der Waals surface area contributed by atoms with Gasteiger partial charge in [-0.15, -0.1) is 0 Å². The minimum Gasteiger partial charge on any atom is -0.486 e. The Morgan fingerprint density at radius 1 is 0.897 bits per heavy atom. The average Bonchev–Trinajstić information content (AvgIpc) is 2.73. The molecule has 3 aromatic rings. The second-order valence-electron chi connectivity index (χ2n) is 6.48. The number of hydrogen-bond acceptors (Lipinski definition) is 4. The first-order valence-corrected chi connectivity index (χ1v) is 9.06. The molecule has 4 rings (SSSR count). The fourth-order valence-electron chi connectivity index (χ4n) is 3.00. The first kappa shape index (κ1) is 18.6. The number of carboxylic acid groups (broad SMARTS) is 1. The molecule has 1 aliphatic heterocycles. The van der Waals surface area contributed by atoms with Gasteiger partial charge >= 0.3 is 5.97 Å². The molecule has 0 atom stereocenters. The van der Waals surface area contributed by atoms with Gasteiger partial charge in [-0.1, -0.05) is 24.3 Å². The van der Waals surface area contributed by atoms with E-state index in [2.05, 4.69) is 5.32 Å². The Labute approximate surface area is 167 Å². The second kappa shape index (κ2) is 8.06. The van der Waals surface area contributed by atoms with Gasteiger partial charge in [0.05, 0.1) is 11.3 Å². The standard InChI is InChI=1S/C23H18FNO4/c24-17-5-7-18(8-6-17)25-20-13-15(3-9-19(20)23(26)27)1-2-16-4-10-21-22(14-16)29-12-11-28-21/h1-10,13-14,25H,11-12H2,(H,26,27)/b2-1+. The highest BCUT2D eigenvalue weighted by Gasteiger charge is 2.12. The van der Waals surface area contributed by atoms with E-state index in [-0.39, 0.29) is 11.4 Å². The molecule has 29 heavy (non-hydrogen) atoms. The Hall–Kier alpha value is -3.80. The number of rotatable bonds is 5. The van der Waals surface area contributed by atoms with Crippen molar-refractivity contribution in [2.24, 2.45) is 0 Å². The molecule has 1 aliphatic rings. The van der Waals surface area contributed by atoms with Gasteiger partial charge in [0.1, 0.15) is 19.0 Å². The lowest BCUT2D eigenvalue weighted by atomic mass is 10.1. The average molecular weight is 391 g/mol. The first-order chi connectivity index (χ1) is 14.1. The maximum Gasteiger partial charge on any atom is 0.337 e. The molecule has 0 fully saturated rings. The highest BCUT2D eigenvalue weighted by Crippen LogP contribution is 2.31. The predicted octanol–water partition coefficient (Wildman–Crippen LogP) is 5.21. The van der Waals surface area contributed by atoms with Gasteiger partial charge in [-0.3, -0.25) is 0 Å². The van der Waals surface area contributed by atoms with Crippen LogP contribution in [0.1, 0.15) is 21.5 Å². The van der Waals surface area contributed by atoms with E-state index in [1.165, 1.54) is 18.2 Å². The maximum atomic E-state index is 13.1. The zero-order valence-electron chi connectivity index (χ0n) is 15.4. The zero-order valence-corrected chi connectivity index (χ0v) is 15.4. The number of halogens is 1. The van der Waals surface area contributed by atoms with Gasteiger partial charge in [-0.05, 0) is 59.7 Å². The lowest BCUT2D eigenvalue weighted by Gasteiger charge is -2.18. The number of hydrogen-bond donors (Lipinski definition) is 2. The van der Waals surface area contributed by atoms with Gasteiger partial charge in [0.15, 0.2) is 11.5 Å². The molecule has 0 amide bonds. The van der Waals surface area contributed by atoms with Crippen LogP contribution in [0.4, 0.5) is 15.8 Å². The summed E-state index contributed by atoms with van der Waals surface area (Å²) in [5, 5.41) is 12.5. The van der Waals surface area contributed by atoms with Crippen molar-refractivity contribution in [3.05, 3.63) is 83.2 Å². The van der Waals surface area contributed by atoms with Gasteiger partial charge in [-0.25, -0.2) is 9.18 Å². The van der Waals surface area contributed by atoms with Crippen molar-refractivity contribution >= 4 is 29.5 Å². The minimum atomic E-state index is -1.04. The Kier molecular flexibility index (Phi) is 5.16. The molecule has 0 bridgehead atoms. The van der Waals surface area contributed by atoms with Crippen molar-refractivity contribution in [2.75, 3.05) is 18.5 Å². The zero-order chi connectivity index (χ0) is 20.2. The van der Waals surface area contributed by atoms with E-state index in [1.54, 1.807) is 24.3 Å². The van der Waals surface area contributed by atoms with Crippen LogP contribution in [0.15, 0.2) is 60.7 Å². The largest absolute Gasteiger partial charge is 0.486 e. The molecule has 0 saturated heterocycles. The summed E-state index contributed by atoms with van der Waals surface area (Å²) in [5.41, 5.74) is 2.90. The summed E-state index contributed by atoms with van der Waals surface area (Å²) in [6, 6.07) is 16.4. The summed E-state index contributed by atoms with van der Waals surface area (Å²) >= 11 is 0. The van der Waals surface area contributed by atoms with Crippen molar-refractivity contribution in [1.82, 2.24) is 0 Å². The predicted molar refractivity (Wildman–Crippen MR) is 109 cm³/mol. The number of carbonyl (C=O) groups is 1. The summed E-state index contributed by atoms with van der Waals surface area (Å²) < 4.78 is 24.2. The van der Waals surface area contributed by atoms with Gasteiger partial charge in [-0.2, -0.15) is 0 Å². The monoisotopic (exact) mass is 391 g/mol. The molecule has 0 aromatic heterocycles. The Morgan fingerprint density at radius 3 is 2.28 bits per heavy atom. The number of fused-ring (bicyclic) bond motifs is 1. The quantitative estimate of drug-likeness (QED) is 0.585. The molecule has 2 N–H and O–H groups in total. The number of aromatic carboxylic acids is 1. The molecular formula is C23H18FNO4. The third-order valence-corrected chi connectivity index (χ3v) is 4.43. The Bertz CT molecular complexity index is 1080. The Balaban J connectivity index is 1.60. The SMILES string of the molecule is O=C(O)c1ccc(/C=C/c2ccc3c(c2)OCCO3)cc1Nc1ccc(F)cc1. The van der Waals surface area contributed by atoms with Gasteiger partial charge in [0, 0.05) is 5.69 Å². The van der Waals surface area contributed by atoms with Crippen molar-refractivity contribution in [3.8, 4) is 11.5 Å². The molecule has 146 valence electrons. The number of benzene rings is 3. The fourth-order valence-corrected chi connectivity index (χ4v) is 3.00. The van der Waals surface area contributed by atoms with E-state index in [0.29, 0.717) is 30.3 Å². The van der Waals surface area contributed by atoms with E-state index in [9.17, 15) is 14.3 Å². The van der Waals surface area contributed by atoms with Crippen LogP contribution in [0.3, 0.4) is 0 Å². The molecule has 0 radical (unpaired) electrons. The molecule has 1 heterocycles. The lowest BCUT2D eigenvalue weighted by Crippen LogP contribution is -2.15. The number of anilines is 2. The summed E-state index contributed by atoms with van der Waals surface area (Å²) in [5.74, 6) is 0.0328. The molecular weight excluding hydrogens is 373 g/mol. The van der Waals surface area contributed by atoms with E-state index in [0.717, 1.165) is 16.9 Å². The third kappa shape index (κ3) is 4.38. The minimum absolute atomic E-state index is 0.130. The molecule has 6 heteroatoms. The van der Waals surface area contributed by atoms with E-state index in [1.807, 2.05) is 30.4 Å². The van der Waals surface area contributed by atoms with Crippen molar-refractivity contribution in [1.29, 1.82) is 0 Å². The third-order valence-electron chi connectivity index (χ3n) is 4.43. The lowest BCUT2D eigenvalue weighted by molar-refractivity contribution is 0.0698.